The van der Waals surface area contributed by atoms with Gasteiger partial charge < -0.3 is 16.2 Å². The first kappa shape index (κ1) is 13.7. The van der Waals surface area contributed by atoms with Crippen molar-refractivity contribution < 1.29 is 9.53 Å². The van der Waals surface area contributed by atoms with Crippen molar-refractivity contribution in [2.75, 3.05) is 7.11 Å². The molecule has 1 aromatic carbocycles. The topological polar surface area (TPSA) is 90.7 Å². The number of carbonyl (C=O) groups excluding carboxylic acids is 1. The predicted octanol–water partition coefficient (Wildman–Crippen LogP) is 1.40. The molecule has 21 heavy (non-hydrogen) atoms. The van der Waals surface area contributed by atoms with Crippen LogP contribution in [0.15, 0.2) is 41.4 Å². The first-order valence-corrected chi connectivity index (χ1v) is 7.06. The lowest BCUT2D eigenvalue weighted by Crippen LogP contribution is -2.30. The smallest absolute Gasteiger partial charge is 0.253 e. The van der Waals surface area contributed by atoms with Crippen LogP contribution in [-0.4, -0.2) is 19.0 Å². The highest BCUT2D eigenvalue weighted by Gasteiger charge is 2.48. The average Bonchev–Trinajstić information content (AvgIpc) is 3.07. The Morgan fingerprint density at radius 1 is 1.19 bits per heavy atom. The number of hydrogen-bond donors (Lipinski definition) is 2. The lowest BCUT2D eigenvalue weighted by molar-refractivity contribution is -0.122. The highest BCUT2D eigenvalue weighted by Crippen LogP contribution is 2.53. The fourth-order valence-electron chi connectivity index (χ4n) is 3.64. The Morgan fingerprint density at radius 2 is 1.86 bits per heavy atom. The molecule has 1 aromatic rings. The number of guanidine groups is 1. The highest BCUT2D eigenvalue weighted by atomic mass is 16.5. The third-order valence-electron chi connectivity index (χ3n) is 4.48. The summed E-state index contributed by atoms with van der Waals surface area (Å²) in [6.07, 6.45) is 5.32. The van der Waals surface area contributed by atoms with Gasteiger partial charge in [-0.2, -0.15) is 4.99 Å². The van der Waals surface area contributed by atoms with Gasteiger partial charge in [0.05, 0.1) is 13.0 Å². The van der Waals surface area contributed by atoms with E-state index in [4.69, 9.17) is 16.2 Å². The maximum atomic E-state index is 12.3. The van der Waals surface area contributed by atoms with E-state index in [1.54, 1.807) is 7.11 Å². The van der Waals surface area contributed by atoms with Crippen molar-refractivity contribution in [2.45, 2.75) is 12.3 Å². The molecule has 5 heteroatoms. The molecule has 1 fully saturated rings. The van der Waals surface area contributed by atoms with Crippen LogP contribution in [0.1, 0.15) is 17.9 Å². The van der Waals surface area contributed by atoms with Gasteiger partial charge in [-0.05, 0) is 36.0 Å². The second kappa shape index (κ2) is 5.24. The summed E-state index contributed by atoms with van der Waals surface area (Å²) in [5, 5.41) is 0. The van der Waals surface area contributed by atoms with Gasteiger partial charge in [0.15, 0.2) is 5.96 Å². The maximum absolute atomic E-state index is 12.3. The van der Waals surface area contributed by atoms with E-state index >= 15 is 0 Å². The van der Waals surface area contributed by atoms with Crippen LogP contribution in [0, 0.1) is 17.8 Å². The lowest BCUT2D eigenvalue weighted by atomic mass is 9.78. The van der Waals surface area contributed by atoms with Crippen molar-refractivity contribution in [3.63, 3.8) is 0 Å². The standard InChI is InChI=1S/C16H19N3O2/c1-21-12-6-4-9(5-7-12)13-10-2-3-11(8-10)14(13)15(20)19-16(17)18/h2-7,10-11,13-14H,8H2,1H3,(H4,17,18,19,20)/t10?,11?,13-,14-/m1/s1. The summed E-state index contributed by atoms with van der Waals surface area (Å²) in [5.41, 5.74) is 11.8. The maximum Gasteiger partial charge on any atom is 0.253 e. The summed E-state index contributed by atoms with van der Waals surface area (Å²) in [5.74, 6) is 1.01. The number of methoxy groups -OCH3 is 1. The second-order valence-electron chi connectivity index (χ2n) is 5.65. The molecule has 2 aliphatic carbocycles. The van der Waals surface area contributed by atoms with Crippen molar-refractivity contribution in [2.24, 2.45) is 34.2 Å². The highest BCUT2D eigenvalue weighted by molar-refractivity contribution is 5.93. The first-order chi connectivity index (χ1) is 10.1. The number of nitrogens with zero attached hydrogens (tertiary/aromatic N) is 1. The molecular formula is C16H19N3O2. The monoisotopic (exact) mass is 285 g/mol. The Balaban J connectivity index is 1.93. The molecule has 2 bridgehead atoms. The van der Waals surface area contributed by atoms with Crippen LogP contribution in [0.4, 0.5) is 0 Å². The molecule has 1 saturated carbocycles. The van der Waals surface area contributed by atoms with Crippen molar-refractivity contribution in [3.8, 4) is 5.75 Å². The zero-order chi connectivity index (χ0) is 15.0. The van der Waals surface area contributed by atoms with Gasteiger partial charge >= 0.3 is 0 Å². The minimum absolute atomic E-state index is 0.140. The zero-order valence-electron chi connectivity index (χ0n) is 11.9. The fourth-order valence-corrected chi connectivity index (χ4v) is 3.64. The number of hydrogen-bond acceptors (Lipinski definition) is 2. The van der Waals surface area contributed by atoms with Crippen molar-refractivity contribution in [1.29, 1.82) is 0 Å². The van der Waals surface area contributed by atoms with E-state index in [0.29, 0.717) is 5.92 Å². The Hall–Kier alpha value is -2.30. The number of nitrogens with two attached hydrogens (primary N) is 2. The van der Waals surface area contributed by atoms with E-state index in [0.717, 1.165) is 17.7 Å². The molecule has 0 spiro atoms. The molecule has 2 unspecified atom stereocenters. The van der Waals surface area contributed by atoms with Gasteiger partial charge in [0.25, 0.3) is 5.91 Å². The minimum Gasteiger partial charge on any atom is -0.497 e. The molecule has 110 valence electrons. The minimum atomic E-state index is -0.215. The zero-order valence-corrected chi connectivity index (χ0v) is 11.9. The normalized spacial score (nSPS) is 29.4. The molecule has 3 rings (SSSR count). The van der Waals surface area contributed by atoms with E-state index in [1.165, 1.54) is 0 Å². The summed E-state index contributed by atoms with van der Waals surface area (Å²) in [6, 6.07) is 7.89. The van der Waals surface area contributed by atoms with Crippen LogP contribution in [-0.2, 0) is 4.79 Å². The van der Waals surface area contributed by atoms with Gasteiger partial charge in [-0.15, -0.1) is 0 Å². The van der Waals surface area contributed by atoms with Crippen LogP contribution in [0.3, 0.4) is 0 Å². The third-order valence-corrected chi connectivity index (χ3v) is 4.48. The van der Waals surface area contributed by atoms with E-state index in [-0.39, 0.29) is 29.6 Å². The SMILES string of the molecule is COc1ccc([C@@H]2C3C=CC(C3)[C@H]2C(=O)N=C(N)N)cc1. The quantitative estimate of drug-likeness (QED) is 0.499. The average molecular weight is 285 g/mol. The first-order valence-electron chi connectivity index (χ1n) is 7.06. The van der Waals surface area contributed by atoms with Crippen LogP contribution in [0.25, 0.3) is 0 Å². The Labute approximate surface area is 123 Å². The molecule has 4 N–H and O–H groups in total. The van der Waals surface area contributed by atoms with Crippen molar-refractivity contribution in [3.05, 3.63) is 42.0 Å². The summed E-state index contributed by atoms with van der Waals surface area (Å²) < 4.78 is 5.18. The van der Waals surface area contributed by atoms with Gasteiger partial charge in [-0.3, -0.25) is 4.79 Å². The summed E-state index contributed by atoms with van der Waals surface area (Å²) in [6.45, 7) is 0. The number of rotatable bonds is 3. The Kier molecular flexibility index (Phi) is 3.41. The molecular weight excluding hydrogens is 266 g/mol. The largest absolute Gasteiger partial charge is 0.497 e. The third kappa shape index (κ3) is 2.39. The molecule has 0 aromatic heterocycles. The summed E-state index contributed by atoms with van der Waals surface area (Å²) in [4.78, 5) is 16.1. The predicted molar refractivity (Wildman–Crippen MR) is 80.8 cm³/mol. The Morgan fingerprint density at radius 3 is 2.48 bits per heavy atom. The Bertz CT molecular complexity index is 602. The van der Waals surface area contributed by atoms with Crippen LogP contribution >= 0.6 is 0 Å². The van der Waals surface area contributed by atoms with E-state index in [9.17, 15) is 4.79 Å². The fraction of sp³-hybridized carbons (Fsp3) is 0.375. The summed E-state index contributed by atoms with van der Waals surface area (Å²) >= 11 is 0. The van der Waals surface area contributed by atoms with Crippen LogP contribution in [0.2, 0.25) is 0 Å². The van der Waals surface area contributed by atoms with Gasteiger partial charge in [-0.25, -0.2) is 0 Å². The van der Waals surface area contributed by atoms with Gasteiger partial charge in [0, 0.05) is 5.92 Å². The number of aliphatic imine (C=N–C) groups is 1. The van der Waals surface area contributed by atoms with E-state index in [1.807, 2.05) is 24.3 Å². The molecule has 1 amide bonds. The van der Waals surface area contributed by atoms with E-state index in [2.05, 4.69) is 17.1 Å². The number of ether oxygens (including phenoxy) is 1. The number of carbonyl (C=O) groups is 1. The molecule has 5 nitrogen and oxygen atoms in total. The molecule has 4 atom stereocenters. The van der Waals surface area contributed by atoms with Crippen LogP contribution in [0.5, 0.6) is 5.75 Å². The second-order valence-corrected chi connectivity index (χ2v) is 5.65. The van der Waals surface area contributed by atoms with Gasteiger partial charge in [0.1, 0.15) is 5.75 Å². The number of amides is 1. The molecule has 0 saturated heterocycles. The molecule has 2 aliphatic rings. The number of fused-ring (bicyclic) bond motifs is 2. The summed E-state index contributed by atoms with van der Waals surface area (Å²) in [7, 11) is 1.64. The van der Waals surface area contributed by atoms with Crippen LogP contribution < -0.4 is 16.2 Å². The van der Waals surface area contributed by atoms with Gasteiger partial charge in [-0.1, -0.05) is 24.3 Å². The van der Waals surface area contributed by atoms with Gasteiger partial charge in [0.2, 0.25) is 0 Å². The number of benzene rings is 1. The van der Waals surface area contributed by atoms with Crippen molar-refractivity contribution in [1.82, 2.24) is 0 Å². The van der Waals surface area contributed by atoms with Crippen molar-refractivity contribution >= 4 is 11.9 Å². The molecule has 0 radical (unpaired) electrons. The lowest BCUT2D eigenvalue weighted by Gasteiger charge is -2.26. The number of allylic oxidation sites excluding steroid dienone is 2. The molecule has 0 heterocycles. The van der Waals surface area contributed by atoms with E-state index < -0.39 is 0 Å². The molecule has 0 aliphatic heterocycles.